The molecule has 7 nitrogen and oxygen atoms in total. The number of hydrogen-bond acceptors (Lipinski definition) is 5. The average Bonchev–Trinajstić information content (AvgIpc) is 3.37. The molecule has 0 radical (unpaired) electrons. The molecule has 178 valence electrons. The van der Waals surface area contributed by atoms with Crippen LogP contribution in [0.15, 0.2) is 48.5 Å². The van der Waals surface area contributed by atoms with Crippen LogP contribution in [0, 0.1) is 5.92 Å². The molecule has 4 rings (SSSR count). The lowest BCUT2D eigenvalue weighted by atomic mass is 9.98. The molecule has 1 saturated heterocycles. The Hall–Kier alpha value is -3.74. The molecule has 1 N–H and O–H groups in total. The van der Waals surface area contributed by atoms with Crippen molar-refractivity contribution >= 4 is 22.6 Å². The Morgan fingerprint density at radius 3 is 2.24 bits per heavy atom. The first-order valence-electron chi connectivity index (χ1n) is 11.3. The molecule has 0 bridgehead atoms. The third-order valence-electron chi connectivity index (χ3n) is 6.42. The summed E-state index contributed by atoms with van der Waals surface area (Å²) in [5.74, 6) is 1.71. The van der Waals surface area contributed by atoms with Gasteiger partial charge in [-0.1, -0.05) is 30.3 Å². The van der Waals surface area contributed by atoms with Gasteiger partial charge in [0.05, 0.1) is 33.7 Å². The predicted molar refractivity (Wildman–Crippen MR) is 131 cm³/mol. The second-order valence-corrected chi connectivity index (χ2v) is 8.43. The molecular weight excluding hydrogens is 432 g/mol. The minimum Gasteiger partial charge on any atom is -0.493 e. The van der Waals surface area contributed by atoms with Crippen LogP contribution >= 0.6 is 0 Å². The van der Waals surface area contributed by atoms with Gasteiger partial charge < -0.3 is 24.4 Å². The molecule has 3 aromatic rings. The summed E-state index contributed by atoms with van der Waals surface area (Å²) < 4.78 is 16.4. The maximum atomic E-state index is 12.8. The number of ether oxygens (including phenoxy) is 3. The maximum absolute atomic E-state index is 12.8. The molecule has 0 saturated carbocycles. The number of carbonyl (C=O) groups excluding carboxylic acids is 2. The van der Waals surface area contributed by atoms with Crippen LogP contribution in [0.2, 0.25) is 0 Å². The summed E-state index contributed by atoms with van der Waals surface area (Å²) >= 11 is 0. The van der Waals surface area contributed by atoms with E-state index >= 15 is 0 Å². The molecule has 0 aromatic heterocycles. The molecule has 1 aliphatic heterocycles. The lowest BCUT2D eigenvalue weighted by molar-refractivity contribution is -0.130. The fourth-order valence-electron chi connectivity index (χ4n) is 4.52. The Morgan fingerprint density at radius 1 is 0.912 bits per heavy atom. The van der Waals surface area contributed by atoms with Crippen molar-refractivity contribution in [2.75, 3.05) is 41.5 Å². The summed E-state index contributed by atoms with van der Waals surface area (Å²) in [6.45, 7) is 1.12. The first-order chi connectivity index (χ1) is 16.5. The van der Waals surface area contributed by atoms with Crippen LogP contribution in [0.3, 0.4) is 0 Å². The molecule has 7 heteroatoms. The second-order valence-electron chi connectivity index (χ2n) is 8.43. The second kappa shape index (κ2) is 10.0. The van der Waals surface area contributed by atoms with Crippen LogP contribution in [0.4, 0.5) is 0 Å². The summed E-state index contributed by atoms with van der Waals surface area (Å²) in [5, 5.41) is 4.81. The molecule has 1 heterocycles. The van der Waals surface area contributed by atoms with Gasteiger partial charge in [-0.05, 0) is 52.1 Å². The van der Waals surface area contributed by atoms with E-state index in [2.05, 4.69) is 23.5 Å². The fourth-order valence-corrected chi connectivity index (χ4v) is 4.52. The van der Waals surface area contributed by atoms with Crippen LogP contribution in [0.25, 0.3) is 21.9 Å². The lowest BCUT2D eigenvalue weighted by Crippen LogP contribution is -2.33. The Balaban J connectivity index is 1.54. The zero-order valence-electron chi connectivity index (χ0n) is 20.0. The SMILES string of the molecule is CNC(=O)C1CCN(C(=O)Cc2ccc3cc(-c4cc(OC)c(OC)c(OC)c4)ccc3c2)C1. The highest BCUT2D eigenvalue weighted by molar-refractivity contribution is 5.90. The Morgan fingerprint density at radius 2 is 1.59 bits per heavy atom. The number of likely N-dealkylation sites (tertiary alicyclic amines) is 1. The zero-order valence-corrected chi connectivity index (χ0v) is 20.0. The van der Waals surface area contributed by atoms with Crippen LogP contribution in [0.5, 0.6) is 17.2 Å². The standard InChI is InChI=1S/C27H30N2O5/c1-28-27(31)21-9-10-29(16-21)25(30)12-17-5-6-19-13-20(8-7-18(19)11-17)22-14-23(32-2)26(34-4)24(15-22)33-3/h5-8,11,13-15,21H,9-10,12,16H2,1-4H3,(H,28,31). The monoisotopic (exact) mass is 462 g/mol. The van der Waals surface area contributed by atoms with Gasteiger partial charge in [0, 0.05) is 20.1 Å². The highest BCUT2D eigenvalue weighted by atomic mass is 16.5. The zero-order chi connectivity index (χ0) is 24.2. The third kappa shape index (κ3) is 4.64. The van der Waals surface area contributed by atoms with Crippen molar-refractivity contribution in [1.29, 1.82) is 0 Å². The van der Waals surface area contributed by atoms with Gasteiger partial charge >= 0.3 is 0 Å². The topological polar surface area (TPSA) is 77.1 Å². The fraction of sp³-hybridized carbons (Fsp3) is 0.333. The molecule has 0 spiro atoms. The van der Waals surface area contributed by atoms with Gasteiger partial charge in [-0.25, -0.2) is 0 Å². The summed E-state index contributed by atoms with van der Waals surface area (Å²) in [6.07, 6.45) is 1.04. The van der Waals surface area contributed by atoms with E-state index in [1.54, 1.807) is 33.3 Å². The van der Waals surface area contributed by atoms with Crippen molar-refractivity contribution in [3.63, 3.8) is 0 Å². The largest absolute Gasteiger partial charge is 0.493 e. The van der Waals surface area contributed by atoms with Crippen molar-refractivity contribution in [2.24, 2.45) is 5.92 Å². The van der Waals surface area contributed by atoms with Gasteiger partial charge in [-0.3, -0.25) is 9.59 Å². The highest BCUT2D eigenvalue weighted by Gasteiger charge is 2.30. The molecule has 3 aromatic carbocycles. The Labute approximate surface area is 199 Å². The van der Waals surface area contributed by atoms with Crippen molar-refractivity contribution in [2.45, 2.75) is 12.8 Å². The molecule has 1 atom stereocenters. The molecule has 34 heavy (non-hydrogen) atoms. The summed E-state index contributed by atoms with van der Waals surface area (Å²) in [7, 11) is 6.42. The smallest absolute Gasteiger partial charge is 0.227 e. The number of carbonyl (C=O) groups is 2. The number of nitrogens with one attached hydrogen (secondary N) is 1. The summed E-state index contributed by atoms with van der Waals surface area (Å²) in [5.41, 5.74) is 2.93. The van der Waals surface area contributed by atoms with Crippen molar-refractivity contribution in [3.05, 3.63) is 54.1 Å². The molecular formula is C27H30N2O5. The van der Waals surface area contributed by atoms with Crippen molar-refractivity contribution in [1.82, 2.24) is 10.2 Å². The van der Waals surface area contributed by atoms with Crippen LogP contribution in [-0.4, -0.2) is 58.2 Å². The quantitative estimate of drug-likeness (QED) is 0.580. The van der Waals surface area contributed by atoms with E-state index in [1.165, 1.54) is 0 Å². The Bertz CT molecular complexity index is 1200. The van der Waals surface area contributed by atoms with Gasteiger partial charge in [0.1, 0.15) is 0 Å². The van der Waals surface area contributed by atoms with E-state index in [0.29, 0.717) is 43.2 Å². The van der Waals surface area contributed by atoms with E-state index in [0.717, 1.165) is 27.5 Å². The number of rotatable bonds is 7. The van der Waals surface area contributed by atoms with E-state index in [4.69, 9.17) is 14.2 Å². The third-order valence-corrected chi connectivity index (χ3v) is 6.42. The maximum Gasteiger partial charge on any atom is 0.227 e. The number of amides is 2. The van der Waals surface area contributed by atoms with E-state index in [9.17, 15) is 9.59 Å². The van der Waals surface area contributed by atoms with Crippen LogP contribution < -0.4 is 19.5 Å². The predicted octanol–water partition coefficient (Wildman–Crippen LogP) is 3.67. The van der Waals surface area contributed by atoms with Crippen LogP contribution in [-0.2, 0) is 16.0 Å². The summed E-state index contributed by atoms with van der Waals surface area (Å²) in [4.78, 5) is 26.4. The lowest BCUT2D eigenvalue weighted by Gasteiger charge is -2.16. The Kier molecular flexibility index (Phi) is 6.91. The first-order valence-corrected chi connectivity index (χ1v) is 11.3. The van der Waals surface area contributed by atoms with Crippen LogP contribution in [0.1, 0.15) is 12.0 Å². The minimum atomic E-state index is -0.112. The van der Waals surface area contributed by atoms with Gasteiger partial charge in [0.15, 0.2) is 11.5 Å². The molecule has 1 aliphatic rings. The van der Waals surface area contributed by atoms with E-state index in [-0.39, 0.29) is 17.7 Å². The number of nitrogens with zero attached hydrogens (tertiary/aromatic N) is 1. The molecule has 2 amide bonds. The summed E-state index contributed by atoms with van der Waals surface area (Å²) in [6, 6.07) is 16.1. The number of benzene rings is 3. The minimum absolute atomic E-state index is 0.00362. The first kappa shape index (κ1) is 23.4. The number of fused-ring (bicyclic) bond motifs is 1. The van der Waals surface area contributed by atoms with E-state index < -0.39 is 0 Å². The van der Waals surface area contributed by atoms with Crippen molar-refractivity contribution < 1.29 is 23.8 Å². The number of hydrogen-bond donors (Lipinski definition) is 1. The normalized spacial score (nSPS) is 15.3. The molecule has 0 aliphatic carbocycles. The van der Waals surface area contributed by atoms with Crippen molar-refractivity contribution in [3.8, 4) is 28.4 Å². The highest BCUT2D eigenvalue weighted by Crippen LogP contribution is 2.41. The van der Waals surface area contributed by atoms with Gasteiger partial charge in [0.25, 0.3) is 0 Å². The van der Waals surface area contributed by atoms with E-state index in [1.807, 2.05) is 30.3 Å². The van der Waals surface area contributed by atoms with Gasteiger partial charge in [-0.2, -0.15) is 0 Å². The van der Waals surface area contributed by atoms with Gasteiger partial charge in [0.2, 0.25) is 17.6 Å². The number of methoxy groups -OCH3 is 3. The van der Waals surface area contributed by atoms with Gasteiger partial charge in [-0.15, -0.1) is 0 Å². The molecule has 1 unspecified atom stereocenters. The molecule has 1 fully saturated rings. The average molecular weight is 463 g/mol.